The van der Waals surface area contributed by atoms with Gasteiger partial charge in [-0.2, -0.15) is 0 Å². The molecule has 2 aromatic rings. The van der Waals surface area contributed by atoms with E-state index in [9.17, 15) is 9.90 Å². The standard InChI is InChI=1S/C17H20N2O4/c20-8-4-17(5-10-22-11-6-17)19-16(21)13-3-7-18-14(12-13)15-2-1-9-23-15/h1-3,7,9,12,20H,4-6,8,10-11H2,(H,19,21). The minimum absolute atomic E-state index is 0.0360. The van der Waals surface area contributed by atoms with Crippen molar-refractivity contribution in [2.24, 2.45) is 0 Å². The van der Waals surface area contributed by atoms with Gasteiger partial charge in [0.15, 0.2) is 5.76 Å². The molecule has 0 unspecified atom stereocenters. The van der Waals surface area contributed by atoms with Crippen LogP contribution in [0.3, 0.4) is 0 Å². The Morgan fingerprint density at radius 2 is 2.17 bits per heavy atom. The van der Waals surface area contributed by atoms with Crippen LogP contribution < -0.4 is 5.32 Å². The predicted octanol–water partition coefficient (Wildman–Crippen LogP) is 2.00. The minimum atomic E-state index is -0.405. The van der Waals surface area contributed by atoms with Gasteiger partial charge in [0.2, 0.25) is 0 Å². The summed E-state index contributed by atoms with van der Waals surface area (Å²) in [6.07, 6.45) is 5.10. The van der Waals surface area contributed by atoms with Crippen molar-refractivity contribution in [3.05, 3.63) is 42.3 Å². The van der Waals surface area contributed by atoms with Crippen molar-refractivity contribution in [2.75, 3.05) is 19.8 Å². The van der Waals surface area contributed by atoms with Crippen molar-refractivity contribution in [1.29, 1.82) is 0 Å². The maximum atomic E-state index is 12.6. The van der Waals surface area contributed by atoms with E-state index in [0.29, 0.717) is 49.5 Å². The quantitative estimate of drug-likeness (QED) is 0.881. The molecule has 6 heteroatoms. The maximum Gasteiger partial charge on any atom is 0.251 e. The highest BCUT2D eigenvalue weighted by Gasteiger charge is 2.33. The smallest absolute Gasteiger partial charge is 0.251 e. The lowest BCUT2D eigenvalue weighted by Crippen LogP contribution is -2.52. The summed E-state index contributed by atoms with van der Waals surface area (Å²) >= 11 is 0. The first-order chi connectivity index (χ1) is 11.2. The molecule has 2 N–H and O–H groups in total. The van der Waals surface area contributed by atoms with E-state index in [1.807, 2.05) is 0 Å². The number of carbonyl (C=O) groups excluding carboxylic acids is 1. The molecule has 0 saturated carbocycles. The van der Waals surface area contributed by atoms with Gasteiger partial charge in [0.1, 0.15) is 5.69 Å². The van der Waals surface area contributed by atoms with Gasteiger partial charge in [-0.15, -0.1) is 0 Å². The molecule has 1 fully saturated rings. The Kier molecular flexibility index (Phi) is 4.73. The topological polar surface area (TPSA) is 84.6 Å². The molecule has 0 atom stereocenters. The lowest BCUT2D eigenvalue weighted by Gasteiger charge is -2.37. The third-order valence-corrected chi connectivity index (χ3v) is 4.21. The van der Waals surface area contributed by atoms with Crippen LogP contribution in [-0.4, -0.2) is 41.4 Å². The number of hydrogen-bond acceptors (Lipinski definition) is 5. The van der Waals surface area contributed by atoms with Crippen molar-refractivity contribution in [3.63, 3.8) is 0 Å². The fraction of sp³-hybridized carbons (Fsp3) is 0.412. The second-order valence-electron chi connectivity index (χ2n) is 5.73. The fourth-order valence-electron chi connectivity index (χ4n) is 2.86. The van der Waals surface area contributed by atoms with Crippen LogP contribution in [-0.2, 0) is 4.74 Å². The molecule has 122 valence electrons. The number of rotatable bonds is 5. The summed E-state index contributed by atoms with van der Waals surface area (Å²) in [6, 6.07) is 6.96. The molecule has 6 nitrogen and oxygen atoms in total. The van der Waals surface area contributed by atoms with Crippen molar-refractivity contribution in [2.45, 2.75) is 24.8 Å². The molecule has 0 bridgehead atoms. The van der Waals surface area contributed by atoms with Crippen LogP contribution in [0.15, 0.2) is 41.1 Å². The summed E-state index contributed by atoms with van der Waals surface area (Å²) in [4.78, 5) is 16.9. The number of amides is 1. The normalized spacial score (nSPS) is 16.9. The van der Waals surface area contributed by atoms with Crippen LogP contribution in [0.2, 0.25) is 0 Å². The zero-order valence-electron chi connectivity index (χ0n) is 12.8. The van der Waals surface area contributed by atoms with E-state index in [4.69, 9.17) is 9.15 Å². The number of carbonyl (C=O) groups is 1. The van der Waals surface area contributed by atoms with Crippen LogP contribution in [0, 0.1) is 0 Å². The number of ether oxygens (including phenoxy) is 1. The van der Waals surface area contributed by atoms with Gasteiger partial charge in [-0.25, -0.2) is 0 Å². The number of furan rings is 1. The van der Waals surface area contributed by atoms with Gasteiger partial charge in [-0.05, 0) is 43.5 Å². The van der Waals surface area contributed by atoms with E-state index in [1.165, 1.54) is 0 Å². The largest absolute Gasteiger partial charge is 0.463 e. The van der Waals surface area contributed by atoms with Gasteiger partial charge < -0.3 is 19.6 Å². The number of nitrogens with one attached hydrogen (secondary N) is 1. The highest BCUT2D eigenvalue weighted by molar-refractivity contribution is 5.95. The molecule has 3 heterocycles. The third-order valence-electron chi connectivity index (χ3n) is 4.21. The van der Waals surface area contributed by atoms with E-state index in [2.05, 4.69) is 10.3 Å². The number of aliphatic hydroxyl groups excluding tert-OH is 1. The molecule has 3 rings (SSSR count). The van der Waals surface area contributed by atoms with Gasteiger partial charge in [0.05, 0.1) is 6.26 Å². The molecule has 2 aromatic heterocycles. The monoisotopic (exact) mass is 316 g/mol. The Labute approximate surface area is 134 Å². The summed E-state index contributed by atoms with van der Waals surface area (Å²) in [5, 5.41) is 12.4. The molecule has 1 aliphatic heterocycles. The fourth-order valence-corrected chi connectivity index (χ4v) is 2.86. The first kappa shape index (κ1) is 15.7. The van der Waals surface area contributed by atoms with Gasteiger partial charge in [-0.1, -0.05) is 0 Å². The second kappa shape index (κ2) is 6.93. The second-order valence-corrected chi connectivity index (χ2v) is 5.73. The molecule has 23 heavy (non-hydrogen) atoms. The Balaban J connectivity index is 1.78. The lowest BCUT2D eigenvalue weighted by molar-refractivity contribution is 0.0267. The van der Waals surface area contributed by atoms with Gasteiger partial charge in [0.25, 0.3) is 5.91 Å². The average Bonchev–Trinajstić information content (AvgIpc) is 3.10. The molecule has 0 aliphatic carbocycles. The first-order valence-electron chi connectivity index (χ1n) is 7.73. The molecule has 0 radical (unpaired) electrons. The lowest BCUT2D eigenvalue weighted by atomic mass is 9.86. The van der Waals surface area contributed by atoms with Crippen LogP contribution in [0.5, 0.6) is 0 Å². The van der Waals surface area contributed by atoms with E-state index < -0.39 is 5.54 Å². The van der Waals surface area contributed by atoms with Crippen LogP contribution in [0.1, 0.15) is 29.6 Å². The minimum Gasteiger partial charge on any atom is -0.463 e. The number of hydrogen-bond donors (Lipinski definition) is 2. The highest BCUT2D eigenvalue weighted by Crippen LogP contribution is 2.25. The number of pyridine rings is 1. The van der Waals surface area contributed by atoms with E-state index in [1.54, 1.807) is 36.7 Å². The highest BCUT2D eigenvalue weighted by atomic mass is 16.5. The number of aliphatic hydroxyl groups is 1. The average molecular weight is 316 g/mol. The molecule has 0 spiro atoms. The van der Waals surface area contributed by atoms with Crippen molar-refractivity contribution in [3.8, 4) is 11.5 Å². The summed E-state index contributed by atoms with van der Waals surface area (Å²) in [6.45, 7) is 1.22. The third kappa shape index (κ3) is 3.60. The van der Waals surface area contributed by atoms with Gasteiger partial charge >= 0.3 is 0 Å². The number of aromatic nitrogens is 1. The summed E-state index contributed by atoms with van der Waals surface area (Å²) in [5.74, 6) is 0.450. The molecule has 1 saturated heterocycles. The van der Waals surface area contributed by atoms with Crippen LogP contribution in [0.4, 0.5) is 0 Å². The van der Waals surface area contributed by atoms with Crippen LogP contribution in [0.25, 0.3) is 11.5 Å². The summed E-state index contributed by atoms with van der Waals surface area (Å²) < 4.78 is 10.7. The first-order valence-corrected chi connectivity index (χ1v) is 7.73. The predicted molar refractivity (Wildman–Crippen MR) is 83.9 cm³/mol. The molecular formula is C17H20N2O4. The maximum absolute atomic E-state index is 12.6. The zero-order valence-corrected chi connectivity index (χ0v) is 12.8. The van der Waals surface area contributed by atoms with Gasteiger partial charge in [-0.3, -0.25) is 9.78 Å². The van der Waals surface area contributed by atoms with Crippen molar-refractivity contribution in [1.82, 2.24) is 10.3 Å². The molecule has 1 aliphatic rings. The molecular weight excluding hydrogens is 296 g/mol. The van der Waals surface area contributed by atoms with E-state index >= 15 is 0 Å². The Bertz CT molecular complexity index is 643. The molecule has 1 amide bonds. The van der Waals surface area contributed by atoms with Crippen LogP contribution >= 0.6 is 0 Å². The Morgan fingerprint density at radius 1 is 1.35 bits per heavy atom. The van der Waals surface area contributed by atoms with E-state index in [0.717, 1.165) is 0 Å². The van der Waals surface area contributed by atoms with Crippen molar-refractivity contribution < 1.29 is 19.1 Å². The zero-order chi connectivity index (χ0) is 16.1. The SMILES string of the molecule is O=C(NC1(CCO)CCOCC1)c1ccnc(-c2ccco2)c1. The summed E-state index contributed by atoms with van der Waals surface area (Å²) in [7, 11) is 0. The Morgan fingerprint density at radius 3 is 2.87 bits per heavy atom. The Hall–Kier alpha value is -2.18. The van der Waals surface area contributed by atoms with Gasteiger partial charge in [0, 0.05) is 37.1 Å². The molecule has 0 aromatic carbocycles. The van der Waals surface area contributed by atoms with E-state index in [-0.39, 0.29) is 12.5 Å². The summed E-state index contributed by atoms with van der Waals surface area (Å²) in [5.41, 5.74) is 0.735. The van der Waals surface area contributed by atoms with Crippen molar-refractivity contribution >= 4 is 5.91 Å². The number of nitrogens with zero attached hydrogens (tertiary/aromatic N) is 1.